The van der Waals surface area contributed by atoms with Crippen LogP contribution in [0.25, 0.3) is 0 Å². The molecule has 0 saturated carbocycles. The number of hydrogen-bond acceptors (Lipinski definition) is 2. The van der Waals surface area contributed by atoms with Crippen molar-refractivity contribution in [1.29, 1.82) is 0 Å². The second kappa shape index (κ2) is 6.40. The van der Waals surface area contributed by atoms with Gasteiger partial charge in [-0.05, 0) is 18.4 Å². The third-order valence-corrected chi connectivity index (χ3v) is 2.57. The monoisotopic (exact) mass is 208 g/mol. The number of rotatable bonds is 5. The lowest BCUT2D eigenvalue weighted by Gasteiger charge is -2.24. The first-order valence-electron chi connectivity index (χ1n) is 5.58. The van der Waals surface area contributed by atoms with E-state index in [0.29, 0.717) is 6.42 Å². The van der Waals surface area contributed by atoms with Crippen LogP contribution in [0.3, 0.4) is 0 Å². The highest BCUT2D eigenvalue weighted by Crippen LogP contribution is 2.12. The summed E-state index contributed by atoms with van der Waals surface area (Å²) in [5.41, 5.74) is 6.52. The van der Waals surface area contributed by atoms with Gasteiger partial charge in [0.05, 0.1) is 0 Å². The van der Waals surface area contributed by atoms with Gasteiger partial charge in [0.15, 0.2) is 0 Å². The van der Waals surface area contributed by atoms with Gasteiger partial charge in [-0.25, -0.2) is 0 Å². The van der Waals surface area contributed by atoms with Gasteiger partial charge in [0, 0.05) is 26.1 Å². The number of allylic oxidation sites excluding steroid dienone is 2. The Morgan fingerprint density at radius 3 is 3.00 bits per heavy atom. The molecule has 0 aromatic rings. The fourth-order valence-corrected chi connectivity index (χ4v) is 1.62. The van der Waals surface area contributed by atoms with Gasteiger partial charge in [-0.15, -0.1) is 0 Å². The van der Waals surface area contributed by atoms with Crippen LogP contribution in [0.4, 0.5) is 0 Å². The predicted octanol–water partition coefficient (Wildman–Crippen LogP) is 1.46. The van der Waals surface area contributed by atoms with E-state index in [-0.39, 0.29) is 5.91 Å². The number of carbonyl (C=O) groups excluding carboxylic acids is 1. The van der Waals surface area contributed by atoms with Crippen LogP contribution in [0, 0.1) is 0 Å². The molecule has 0 aliphatic carbocycles. The van der Waals surface area contributed by atoms with Crippen LogP contribution < -0.4 is 5.73 Å². The van der Waals surface area contributed by atoms with Crippen LogP contribution in [0.5, 0.6) is 0 Å². The molecule has 1 rings (SSSR count). The van der Waals surface area contributed by atoms with E-state index in [1.54, 1.807) is 0 Å². The second-order valence-corrected chi connectivity index (χ2v) is 3.86. The second-order valence-electron chi connectivity index (χ2n) is 3.86. The van der Waals surface area contributed by atoms with E-state index in [0.717, 1.165) is 32.5 Å². The molecule has 1 amide bonds. The topological polar surface area (TPSA) is 46.3 Å². The van der Waals surface area contributed by atoms with Gasteiger partial charge in [0.1, 0.15) is 0 Å². The Hall–Kier alpha value is -1.09. The van der Waals surface area contributed by atoms with Crippen molar-refractivity contribution in [2.75, 3.05) is 19.6 Å². The first-order valence-corrected chi connectivity index (χ1v) is 5.58. The minimum Gasteiger partial charge on any atom is -0.370 e. The van der Waals surface area contributed by atoms with Gasteiger partial charge in [-0.2, -0.15) is 0 Å². The minimum absolute atomic E-state index is 0.212. The Bertz CT molecular complexity index is 269. The van der Waals surface area contributed by atoms with Crippen LogP contribution in [0.2, 0.25) is 0 Å². The summed E-state index contributed by atoms with van der Waals surface area (Å²) < 4.78 is 0. The number of carbonyl (C=O) groups is 1. The first-order chi connectivity index (χ1) is 7.22. The predicted molar refractivity (Wildman–Crippen MR) is 62.4 cm³/mol. The summed E-state index contributed by atoms with van der Waals surface area (Å²) in [6.07, 6.45) is 9.25. The SMILES string of the molecule is CC/C=C/C1=CCN(CCC(N)=O)CC1. The fourth-order valence-electron chi connectivity index (χ4n) is 1.62. The summed E-state index contributed by atoms with van der Waals surface area (Å²) >= 11 is 0. The quantitative estimate of drug-likeness (QED) is 0.743. The first kappa shape index (κ1) is 12.0. The zero-order valence-electron chi connectivity index (χ0n) is 9.41. The van der Waals surface area contributed by atoms with Gasteiger partial charge in [0.25, 0.3) is 0 Å². The molecular weight excluding hydrogens is 188 g/mol. The van der Waals surface area contributed by atoms with Crippen LogP contribution in [-0.2, 0) is 4.79 Å². The number of nitrogens with zero attached hydrogens (tertiary/aromatic N) is 1. The van der Waals surface area contributed by atoms with Gasteiger partial charge in [-0.3, -0.25) is 9.69 Å². The average molecular weight is 208 g/mol. The molecule has 1 aliphatic heterocycles. The number of nitrogens with two attached hydrogens (primary N) is 1. The number of primary amides is 1. The fraction of sp³-hybridized carbons (Fsp3) is 0.583. The Labute approximate surface area is 91.6 Å². The van der Waals surface area contributed by atoms with Crippen molar-refractivity contribution in [1.82, 2.24) is 4.90 Å². The maximum Gasteiger partial charge on any atom is 0.218 e. The number of amides is 1. The van der Waals surface area contributed by atoms with Crippen LogP contribution in [0.15, 0.2) is 23.8 Å². The third-order valence-electron chi connectivity index (χ3n) is 2.57. The van der Waals surface area contributed by atoms with Crippen molar-refractivity contribution in [3.05, 3.63) is 23.8 Å². The number of hydrogen-bond donors (Lipinski definition) is 1. The summed E-state index contributed by atoms with van der Waals surface area (Å²) in [7, 11) is 0. The van der Waals surface area contributed by atoms with Crippen LogP contribution in [0.1, 0.15) is 26.2 Å². The molecule has 0 radical (unpaired) electrons. The summed E-state index contributed by atoms with van der Waals surface area (Å²) in [4.78, 5) is 12.9. The zero-order chi connectivity index (χ0) is 11.1. The molecule has 0 saturated heterocycles. The summed E-state index contributed by atoms with van der Waals surface area (Å²) in [5.74, 6) is -0.212. The average Bonchev–Trinajstić information content (AvgIpc) is 2.25. The van der Waals surface area contributed by atoms with E-state index in [4.69, 9.17) is 5.73 Å². The van der Waals surface area contributed by atoms with Gasteiger partial charge in [0.2, 0.25) is 5.91 Å². The summed E-state index contributed by atoms with van der Waals surface area (Å²) in [6, 6.07) is 0. The Balaban J connectivity index is 2.30. The maximum absolute atomic E-state index is 10.6. The molecule has 0 atom stereocenters. The molecule has 84 valence electrons. The van der Waals surface area contributed by atoms with Crippen LogP contribution in [-0.4, -0.2) is 30.4 Å². The normalized spacial score (nSPS) is 18.1. The van der Waals surface area contributed by atoms with E-state index >= 15 is 0 Å². The summed E-state index contributed by atoms with van der Waals surface area (Å²) in [5, 5.41) is 0. The highest BCUT2D eigenvalue weighted by atomic mass is 16.1. The lowest BCUT2D eigenvalue weighted by atomic mass is 10.1. The Morgan fingerprint density at radius 2 is 2.47 bits per heavy atom. The molecule has 3 heteroatoms. The molecule has 1 heterocycles. The molecule has 15 heavy (non-hydrogen) atoms. The standard InChI is InChI=1S/C12H20N2O/c1-2-3-4-11-5-8-14(9-6-11)10-7-12(13)15/h3-5H,2,6-10H2,1H3,(H2,13,15)/b4-3+. The minimum atomic E-state index is -0.212. The van der Waals surface area contributed by atoms with Crippen LogP contribution >= 0.6 is 0 Å². The van der Waals surface area contributed by atoms with E-state index in [9.17, 15) is 4.79 Å². The van der Waals surface area contributed by atoms with Gasteiger partial charge in [-0.1, -0.05) is 25.2 Å². The lowest BCUT2D eigenvalue weighted by molar-refractivity contribution is -0.118. The van der Waals surface area contributed by atoms with Crippen molar-refractivity contribution in [3.8, 4) is 0 Å². The molecule has 0 aromatic carbocycles. The highest BCUT2D eigenvalue weighted by Gasteiger charge is 2.10. The van der Waals surface area contributed by atoms with Gasteiger partial charge >= 0.3 is 0 Å². The van der Waals surface area contributed by atoms with E-state index in [1.165, 1.54) is 5.57 Å². The largest absolute Gasteiger partial charge is 0.370 e. The van der Waals surface area contributed by atoms with E-state index in [2.05, 4.69) is 30.1 Å². The molecule has 1 aliphatic rings. The third kappa shape index (κ3) is 4.79. The van der Waals surface area contributed by atoms with E-state index in [1.807, 2.05) is 0 Å². The van der Waals surface area contributed by atoms with Gasteiger partial charge < -0.3 is 5.73 Å². The zero-order valence-corrected chi connectivity index (χ0v) is 9.41. The molecule has 0 spiro atoms. The maximum atomic E-state index is 10.6. The Kier molecular flexibility index (Phi) is 5.12. The molecule has 0 aromatic heterocycles. The van der Waals surface area contributed by atoms with Crippen molar-refractivity contribution in [2.24, 2.45) is 5.73 Å². The lowest BCUT2D eigenvalue weighted by Crippen LogP contribution is -2.31. The molecular formula is C12H20N2O. The smallest absolute Gasteiger partial charge is 0.218 e. The highest BCUT2D eigenvalue weighted by molar-refractivity contribution is 5.73. The van der Waals surface area contributed by atoms with Crippen molar-refractivity contribution in [3.63, 3.8) is 0 Å². The molecule has 0 fully saturated rings. The van der Waals surface area contributed by atoms with Crippen molar-refractivity contribution < 1.29 is 4.79 Å². The van der Waals surface area contributed by atoms with E-state index < -0.39 is 0 Å². The Morgan fingerprint density at radius 1 is 1.67 bits per heavy atom. The van der Waals surface area contributed by atoms with Crippen molar-refractivity contribution >= 4 is 5.91 Å². The molecule has 3 nitrogen and oxygen atoms in total. The summed E-state index contributed by atoms with van der Waals surface area (Å²) in [6.45, 7) is 4.90. The molecule has 0 unspecified atom stereocenters. The van der Waals surface area contributed by atoms with Crippen molar-refractivity contribution in [2.45, 2.75) is 26.2 Å². The molecule has 0 bridgehead atoms. The molecule has 2 N–H and O–H groups in total.